The summed E-state index contributed by atoms with van der Waals surface area (Å²) in [7, 11) is 3.66. The monoisotopic (exact) mass is 735 g/mol. The molecule has 0 aliphatic carbocycles. The van der Waals surface area contributed by atoms with E-state index in [1.54, 1.807) is 32.2 Å². The quantitative estimate of drug-likeness (QED) is 0.183. The van der Waals surface area contributed by atoms with Crippen molar-refractivity contribution < 1.29 is 14.4 Å². The third-order valence-electron chi connectivity index (χ3n) is 10.7. The van der Waals surface area contributed by atoms with Crippen LogP contribution < -0.4 is 21.2 Å². The lowest BCUT2D eigenvalue weighted by Gasteiger charge is -2.32. The minimum absolute atomic E-state index is 0.0369. The number of nitrogens with one attached hydrogen (secondary N) is 2. The predicted molar refractivity (Wildman–Crippen MR) is 209 cm³/mol. The average molecular weight is 736 g/mol. The Morgan fingerprint density at radius 2 is 1.84 bits per heavy atom. The molecule has 3 amide bonds. The van der Waals surface area contributed by atoms with Gasteiger partial charge in [-0.1, -0.05) is 25.7 Å². The Bertz CT molecular complexity index is 2690. The lowest BCUT2D eigenvalue weighted by atomic mass is 9.91. The van der Waals surface area contributed by atoms with E-state index in [0.717, 1.165) is 75.3 Å². The van der Waals surface area contributed by atoms with Crippen molar-refractivity contribution >= 4 is 45.6 Å². The van der Waals surface area contributed by atoms with Crippen molar-refractivity contribution in [2.75, 3.05) is 18.0 Å². The van der Waals surface area contributed by atoms with Gasteiger partial charge in [0.15, 0.2) is 0 Å². The molecule has 1 atom stereocenters. The van der Waals surface area contributed by atoms with Crippen molar-refractivity contribution in [3.05, 3.63) is 105 Å². The van der Waals surface area contributed by atoms with Crippen molar-refractivity contribution in [1.29, 1.82) is 0 Å². The van der Waals surface area contributed by atoms with Gasteiger partial charge in [-0.25, -0.2) is 9.31 Å². The molecule has 0 saturated carbocycles. The molecule has 0 spiro atoms. The zero-order chi connectivity index (χ0) is 38.5. The Morgan fingerprint density at radius 3 is 2.62 bits per heavy atom. The van der Waals surface area contributed by atoms with E-state index in [-0.39, 0.29) is 42.3 Å². The van der Waals surface area contributed by atoms with Crippen LogP contribution in [0.2, 0.25) is 0 Å². The fourth-order valence-electron chi connectivity index (χ4n) is 7.82. The Balaban J connectivity index is 0.966. The van der Waals surface area contributed by atoms with E-state index < -0.39 is 5.92 Å². The zero-order valence-corrected chi connectivity index (χ0v) is 31.4. The number of aromatic nitrogens is 6. The zero-order valence-electron chi connectivity index (χ0n) is 31.4. The molecule has 1 fully saturated rings. The molecule has 13 nitrogen and oxygen atoms in total. The number of carbonyl (C=O) groups excluding carboxylic acids is 3. The van der Waals surface area contributed by atoms with Gasteiger partial charge in [-0.05, 0) is 85.2 Å². The van der Waals surface area contributed by atoms with Crippen LogP contribution in [0.25, 0.3) is 27.8 Å². The molecule has 13 heteroatoms. The van der Waals surface area contributed by atoms with Crippen molar-refractivity contribution in [1.82, 2.24) is 39.3 Å². The molecule has 1 aromatic carbocycles. The lowest BCUT2D eigenvalue weighted by molar-refractivity contribution is -0.134. The van der Waals surface area contributed by atoms with Gasteiger partial charge in [0.1, 0.15) is 5.69 Å². The Labute approximate surface area is 317 Å². The van der Waals surface area contributed by atoms with Gasteiger partial charge in [0.25, 0.3) is 5.91 Å². The number of piperidine rings is 1. The molecule has 1 unspecified atom stereocenters. The largest absolute Gasteiger partial charge is 0.340 e. The van der Waals surface area contributed by atoms with Gasteiger partial charge in [-0.2, -0.15) is 5.10 Å². The molecule has 2 aliphatic rings. The van der Waals surface area contributed by atoms with E-state index in [1.165, 1.54) is 5.56 Å². The number of carbonyl (C=O) groups is 3. The number of anilines is 2. The van der Waals surface area contributed by atoms with Gasteiger partial charge in [-0.3, -0.25) is 38.8 Å². The summed E-state index contributed by atoms with van der Waals surface area (Å²) in [6.07, 6.45) is 9.63. The minimum atomic E-state index is -0.452. The number of hydrogen-bond acceptors (Lipinski definition) is 8. The first-order valence-electron chi connectivity index (χ1n) is 18.5. The highest BCUT2D eigenvalue weighted by atomic mass is 16.2. The number of imide groups is 1. The van der Waals surface area contributed by atoms with E-state index in [4.69, 9.17) is 4.98 Å². The first-order chi connectivity index (χ1) is 26.5. The van der Waals surface area contributed by atoms with Gasteiger partial charge < -0.3 is 10.2 Å². The second-order valence-electron chi connectivity index (χ2n) is 14.6. The molecule has 2 aliphatic heterocycles. The molecule has 55 heavy (non-hydrogen) atoms. The number of benzene rings is 1. The Kier molecular flexibility index (Phi) is 9.04. The van der Waals surface area contributed by atoms with Crippen molar-refractivity contribution in [3.8, 4) is 23.1 Å². The molecular weight excluding hydrogens is 695 g/mol. The average Bonchev–Trinajstić information content (AvgIpc) is 3.69. The van der Waals surface area contributed by atoms with E-state index in [9.17, 15) is 19.2 Å². The van der Waals surface area contributed by atoms with Crippen LogP contribution in [0.5, 0.6) is 0 Å². The number of imidazole rings is 1. The Hall–Kier alpha value is -6.55. The van der Waals surface area contributed by atoms with Crippen LogP contribution in [-0.4, -0.2) is 59.5 Å². The van der Waals surface area contributed by atoms with Crippen LogP contribution >= 0.6 is 0 Å². The minimum Gasteiger partial charge on any atom is -0.340 e. The Morgan fingerprint density at radius 1 is 1.00 bits per heavy atom. The third-order valence-corrected chi connectivity index (χ3v) is 10.7. The summed E-state index contributed by atoms with van der Waals surface area (Å²) in [6.45, 7) is 7.13. The molecular formula is C42H41N9O4. The summed E-state index contributed by atoms with van der Waals surface area (Å²) in [5.41, 5.74) is 11.1. The van der Waals surface area contributed by atoms with Crippen molar-refractivity contribution in [3.63, 3.8) is 0 Å². The van der Waals surface area contributed by atoms with Gasteiger partial charge in [0.05, 0.1) is 52.8 Å². The molecule has 1 saturated heterocycles. The topological polar surface area (TPSA) is 149 Å². The third kappa shape index (κ3) is 6.43. The maximum atomic E-state index is 13.1. The van der Waals surface area contributed by atoms with Crippen molar-refractivity contribution in [2.24, 2.45) is 14.1 Å². The van der Waals surface area contributed by atoms with E-state index in [1.807, 2.05) is 45.4 Å². The lowest BCUT2D eigenvalue weighted by Crippen LogP contribution is -2.39. The van der Waals surface area contributed by atoms with Crippen LogP contribution in [0.1, 0.15) is 83.3 Å². The number of nitrogens with zero attached hydrogens (tertiary/aromatic N) is 7. The summed E-state index contributed by atoms with van der Waals surface area (Å²) in [4.78, 5) is 61.7. The van der Waals surface area contributed by atoms with Crippen LogP contribution in [0, 0.1) is 18.8 Å². The van der Waals surface area contributed by atoms with Gasteiger partial charge in [0.2, 0.25) is 11.8 Å². The second kappa shape index (κ2) is 14.0. The number of rotatable bonds is 6. The molecule has 6 aromatic rings. The molecule has 8 rings (SSSR count). The van der Waals surface area contributed by atoms with Crippen LogP contribution in [0.4, 0.5) is 11.4 Å². The number of hydrogen-bond donors (Lipinski definition) is 2. The molecule has 0 radical (unpaired) electrons. The summed E-state index contributed by atoms with van der Waals surface area (Å²) in [5.74, 6) is 4.96. The normalized spacial score (nSPS) is 15.6. The number of aryl methyl sites for hydroxylation is 4. The highest BCUT2D eigenvalue weighted by Crippen LogP contribution is 2.38. The number of amides is 3. The standard InChI is InChI=1S/C42H41N9O4/c1-24(2)31-19-29(20-35-39(31)49(5)42(55)48(35)4)50-14-7-9-27-18-33(44-23-36(27)50)28-16-25(3)38(45-21-28)41(54)43-13-6-8-26-12-15-51-34(17-26)32(22-46-51)30-10-11-37(52)47-40(30)53/h12,15-24,30H,7,9-11,13-14H2,1-5H3,(H,43,54)(H,47,52,53). The fourth-order valence-corrected chi connectivity index (χ4v) is 7.82. The van der Waals surface area contributed by atoms with Gasteiger partial charge in [-0.15, -0.1) is 0 Å². The maximum absolute atomic E-state index is 13.1. The molecule has 5 aromatic heterocycles. The SMILES string of the molecule is Cc1cc(-c2cc3c(cn2)N(c2cc(C(C)C)c4c(c2)n(C)c(=O)n4C)CCC3)cnc1C(=O)NCC#Cc1ccn2ncc(C3CCC(=O)NC3=O)c2c1. The van der Waals surface area contributed by atoms with E-state index in [0.29, 0.717) is 17.7 Å². The number of pyridine rings is 3. The summed E-state index contributed by atoms with van der Waals surface area (Å²) in [5, 5.41) is 9.61. The molecule has 7 heterocycles. The molecule has 2 N–H and O–H groups in total. The van der Waals surface area contributed by atoms with E-state index >= 15 is 0 Å². The first-order valence-corrected chi connectivity index (χ1v) is 18.5. The summed E-state index contributed by atoms with van der Waals surface area (Å²) < 4.78 is 5.13. The van der Waals surface area contributed by atoms with Gasteiger partial charge >= 0.3 is 5.69 Å². The van der Waals surface area contributed by atoms with E-state index in [2.05, 4.69) is 69.5 Å². The molecule has 278 valence electrons. The van der Waals surface area contributed by atoms with Crippen molar-refractivity contribution in [2.45, 2.75) is 58.3 Å². The summed E-state index contributed by atoms with van der Waals surface area (Å²) in [6, 6.07) is 12.0. The first kappa shape index (κ1) is 35.5. The van der Waals surface area contributed by atoms with Gasteiger partial charge in [0, 0.05) is 61.8 Å². The fraction of sp³-hybridized carbons (Fsp3) is 0.310. The number of fused-ring (bicyclic) bond motifs is 3. The maximum Gasteiger partial charge on any atom is 0.328 e. The van der Waals surface area contributed by atoms with Crippen LogP contribution in [-0.2, 0) is 30.1 Å². The van der Waals surface area contributed by atoms with Crippen LogP contribution in [0.3, 0.4) is 0 Å². The summed E-state index contributed by atoms with van der Waals surface area (Å²) >= 11 is 0. The smallest absolute Gasteiger partial charge is 0.328 e. The highest BCUT2D eigenvalue weighted by Gasteiger charge is 2.30. The molecule has 0 bridgehead atoms. The second-order valence-corrected chi connectivity index (χ2v) is 14.6. The van der Waals surface area contributed by atoms with Crippen LogP contribution in [0.15, 0.2) is 66.0 Å². The predicted octanol–water partition coefficient (Wildman–Crippen LogP) is 4.80. The highest BCUT2D eigenvalue weighted by molar-refractivity contribution is 6.01.